The van der Waals surface area contributed by atoms with Crippen molar-refractivity contribution in [3.05, 3.63) is 72.4 Å². The first-order valence-electron chi connectivity index (χ1n) is 9.76. The minimum absolute atomic E-state index is 0.0542. The first kappa shape index (κ1) is 20.3. The molecule has 29 heavy (non-hydrogen) atoms. The standard InChI is InChI=1S/C23H26N4O2/c1-17(18-10-5-3-6-11-18)25-21(28)14-9-15-22(29)26-23-24-16-20(27(23)2)19-12-7-4-8-13-19/h3-8,10-13,16-17H,9,14-15H2,1-2H3,(H,25,28)(H,24,26,29)/t17-/m1/s1. The second-order valence-corrected chi connectivity index (χ2v) is 6.99. The second kappa shape index (κ2) is 9.68. The summed E-state index contributed by atoms with van der Waals surface area (Å²) < 4.78 is 1.85. The maximum atomic E-state index is 12.2. The van der Waals surface area contributed by atoms with Crippen LogP contribution in [0, 0.1) is 0 Å². The van der Waals surface area contributed by atoms with Gasteiger partial charge in [0.2, 0.25) is 17.8 Å². The minimum Gasteiger partial charge on any atom is -0.350 e. The number of hydrogen-bond acceptors (Lipinski definition) is 3. The van der Waals surface area contributed by atoms with Gasteiger partial charge in [-0.1, -0.05) is 60.7 Å². The molecule has 0 fully saturated rings. The Labute approximate surface area is 171 Å². The van der Waals surface area contributed by atoms with Gasteiger partial charge in [0.05, 0.1) is 17.9 Å². The zero-order valence-electron chi connectivity index (χ0n) is 16.8. The molecule has 0 saturated heterocycles. The Morgan fingerprint density at radius 3 is 2.28 bits per heavy atom. The molecule has 2 amide bonds. The lowest BCUT2D eigenvalue weighted by atomic mass is 10.1. The molecule has 0 unspecified atom stereocenters. The molecule has 0 aliphatic heterocycles. The Morgan fingerprint density at radius 2 is 1.59 bits per heavy atom. The predicted octanol–water partition coefficient (Wildman–Crippen LogP) is 4.07. The van der Waals surface area contributed by atoms with Crippen LogP contribution in [0.4, 0.5) is 5.95 Å². The van der Waals surface area contributed by atoms with Crippen molar-refractivity contribution in [2.45, 2.75) is 32.2 Å². The highest BCUT2D eigenvalue weighted by molar-refractivity contribution is 5.89. The summed E-state index contributed by atoms with van der Waals surface area (Å²) >= 11 is 0. The average Bonchev–Trinajstić information content (AvgIpc) is 3.09. The molecule has 0 aliphatic carbocycles. The van der Waals surface area contributed by atoms with Crippen molar-refractivity contribution in [3.63, 3.8) is 0 Å². The van der Waals surface area contributed by atoms with Crippen molar-refractivity contribution in [1.29, 1.82) is 0 Å². The van der Waals surface area contributed by atoms with Gasteiger partial charge in [-0.05, 0) is 24.5 Å². The molecule has 2 N–H and O–H groups in total. The first-order chi connectivity index (χ1) is 14.0. The second-order valence-electron chi connectivity index (χ2n) is 6.99. The molecule has 6 nitrogen and oxygen atoms in total. The Hall–Kier alpha value is -3.41. The maximum absolute atomic E-state index is 12.2. The highest BCUT2D eigenvalue weighted by atomic mass is 16.2. The van der Waals surface area contributed by atoms with Gasteiger partial charge in [0.1, 0.15) is 0 Å². The van der Waals surface area contributed by atoms with Crippen LogP contribution in [0.1, 0.15) is 37.8 Å². The number of benzene rings is 2. The fraction of sp³-hybridized carbons (Fsp3) is 0.261. The van der Waals surface area contributed by atoms with Gasteiger partial charge >= 0.3 is 0 Å². The van der Waals surface area contributed by atoms with Crippen molar-refractivity contribution in [2.75, 3.05) is 5.32 Å². The van der Waals surface area contributed by atoms with E-state index in [0.717, 1.165) is 16.8 Å². The van der Waals surface area contributed by atoms with E-state index in [1.807, 2.05) is 79.2 Å². The van der Waals surface area contributed by atoms with Crippen molar-refractivity contribution >= 4 is 17.8 Å². The Kier molecular flexibility index (Phi) is 6.79. The Bertz CT molecular complexity index is 952. The molecule has 1 heterocycles. The normalized spacial score (nSPS) is 11.7. The van der Waals surface area contributed by atoms with Crippen LogP contribution in [-0.4, -0.2) is 21.4 Å². The largest absolute Gasteiger partial charge is 0.350 e. The smallest absolute Gasteiger partial charge is 0.226 e. The van der Waals surface area contributed by atoms with Gasteiger partial charge in [-0.3, -0.25) is 14.9 Å². The molecule has 1 aromatic heterocycles. The molecular formula is C23H26N4O2. The number of anilines is 1. The van der Waals surface area contributed by atoms with Crippen LogP contribution in [0.5, 0.6) is 0 Å². The number of aromatic nitrogens is 2. The molecule has 0 bridgehead atoms. The van der Waals surface area contributed by atoms with Crippen LogP contribution >= 0.6 is 0 Å². The summed E-state index contributed by atoms with van der Waals surface area (Å²) in [6.07, 6.45) is 2.79. The van der Waals surface area contributed by atoms with Crippen LogP contribution in [0.2, 0.25) is 0 Å². The molecular weight excluding hydrogens is 364 g/mol. The average molecular weight is 390 g/mol. The van der Waals surface area contributed by atoms with Crippen molar-refractivity contribution < 1.29 is 9.59 Å². The number of nitrogens with zero attached hydrogens (tertiary/aromatic N) is 2. The number of amides is 2. The van der Waals surface area contributed by atoms with E-state index in [-0.39, 0.29) is 24.3 Å². The van der Waals surface area contributed by atoms with E-state index >= 15 is 0 Å². The van der Waals surface area contributed by atoms with E-state index in [1.165, 1.54) is 0 Å². The van der Waals surface area contributed by atoms with E-state index < -0.39 is 0 Å². The fourth-order valence-electron chi connectivity index (χ4n) is 3.14. The van der Waals surface area contributed by atoms with Crippen LogP contribution < -0.4 is 10.6 Å². The summed E-state index contributed by atoms with van der Waals surface area (Å²) in [4.78, 5) is 28.7. The Balaban J connectivity index is 1.45. The molecule has 0 spiro atoms. The molecule has 1 atom stereocenters. The van der Waals surface area contributed by atoms with Crippen LogP contribution in [0.15, 0.2) is 66.9 Å². The van der Waals surface area contributed by atoms with E-state index in [9.17, 15) is 9.59 Å². The molecule has 6 heteroatoms. The van der Waals surface area contributed by atoms with E-state index in [1.54, 1.807) is 6.20 Å². The predicted molar refractivity (Wildman–Crippen MR) is 114 cm³/mol. The molecule has 0 radical (unpaired) electrons. The lowest BCUT2D eigenvalue weighted by molar-refractivity contribution is -0.122. The van der Waals surface area contributed by atoms with Crippen LogP contribution in [-0.2, 0) is 16.6 Å². The number of nitrogens with one attached hydrogen (secondary N) is 2. The summed E-state index contributed by atoms with van der Waals surface area (Å²) in [5.41, 5.74) is 3.02. The minimum atomic E-state index is -0.151. The van der Waals surface area contributed by atoms with E-state index in [2.05, 4.69) is 15.6 Å². The number of hydrogen-bond donors (Lipinski definition) is 2. The van der Waals surface area contributed by atoms with Gasteiger partial charge in [0.15, 0.2) is 0 Å². The molecule has 3 rings (SSSR count). The van der Waals surface area contributed by atoms with Gasteiger partial charge in [-0.2, -0.15) is 0 Å². The van der Waals surface area contributed by atoms with Gasteiger partial charge in [-0.15, -0.1) is 0 Å². The highest BCUT2D eigenvalue weighted by Crippen LogP contribution is 2.21. The van der Waals surface area contributed by atoms with Gasteiger partial charge in [-0.25, -0.2) is 4.98 Å². The lowest BCUT2D eigenvalue weighted by Crippen LogP contribution is -2.26. The van der Waals surface area contributed by atoms with Crippen molar-refractivity contribution in [1.82, 2.24) is 14.9 Å². The third-order valence-corrected chi connectivity index (χ3v) is 4.79. The topological polar surface area (TPSA) is 76.0 Å². The Morgan fingerprint density at radius 1 is 0.966 bits per heavy atom. The SMILES string of the molecule is C[C@@H](NC(=O)CCCC(=O)Nc1ncc(-c2ccccc2)n1C)c1ccccc1. The summed E-state index contributed by atoms with van der Waals surface area (Å²) in [5, 5.41) is 5.79. The van der Waals surface area contributed by atoms with Gasteiger partial charge in [0, 0.05) is 19.9 Å². The number of carbonyl (C=O) groups is 2. The summed E-state index contributed by atoms with van der Waals surface area (Å²) in [5.74, 6) is 0.288. The quantitative estimate of drug-likeness (QED) is 0.609. The zero-order valence-corrected chi connectivity index (χ0v) is 16.8. The van der Waals surface area contributed by atoms with Crippen LogP contribution in [0.25, 0.3) is 11.3 Å². The number of rotatable bonds is 8. The maximum Gasteiger partial charge on any atom is 0.226 e. The summed E-state index contributed by atoms with van der Waals surface area (Å²) in [6, 6.07) is 19.6. The number of carbonyl (C=O) groups excluding carboxylic acids is 2. The summed E-state index contributed by atoms with van der Waals surface area (Å²) in [7, 11) is 1.86. The van der Waals surface area contributed by atoms with Crippen LogP contribution in [0.3, 0.4) is 0 Å². The molecule has 150 valence electrons. The van der Waals surface area contributed by atoms with E-state index in [4.69, 9.17) is 0 Å². The third-order valence-electron chi connectivity index (χ3n) is 4.79. The monoisotopic (exact) mass is 390 g/mol. The van der Waals surface area contributed by atoms with Crippen molar-refractivity contribution in [2.24, 2.45) is 7.05 Å². The van der Waals surface area contributed by atoms with Crippen molar-refractivity contribution in [3.8, 4) is 11.3 Å². The zero-order chi connectivity index (χ0) is 20.6. The molecule has 2 aromatic carbocycles. The van der Waals surface area contributed by atoms with Gasteiger partial charge < -0.3 is 9.88 Å². The molecule has 0 aliphatic rings. The number of imidazole rings is 1. The molecule has 3 aromatic rings. The third kappa shape index (κ3) is 5.54. The highest BCUT2D eigenvalue weighted by Gasteiger charge is 2.13. The molecule has 0 saturated carbocycles. The van der Waals surface area contributed by atoms with Gasteiger partial charge in [0.25, 0.3) is 0 Å². The van der Waals surface area contributed by atoms with E-state index in [0.29, 0.717) is 18.8 Å². The lowest BCUT2D eigenvalue weighted by Gasteiger charge is -2.14. The summed E-state index contributed by atoms with van der Waals surface area (Å²) in [6.45, 7) is 1.95. The first-order valence-corrected chi connectivity index (χ1v) is 9.76. The fourth-order valence-corrected chi connectivity index (χ4v) is 3.14.